The number of benzene rings is 3. The van der Waals surface area contributed by atoms with Gasteiger partial charge in [0.2, 0.25) is 5.88 Å². The van der Waals surface area contributed by atoms with Gasteiger partial charge < -0.3 is 9.84 Å². The summed E-state index contributed by atoms with van der Waals surface area (Å²) < 4.78 is 34.9. The lowest BCUT2D eigenvalue weighted by Crippen LogP contribution is -2.34. The zero-order valence-electron chi connectivity index (χ0n) is 20.6. The number of nitrogens with zero attached hydrogens (tertiary/aromatic N) is 3. The van der Waals surface area contributed by atoms with Gasteiger partial charge in [-0.15, -0.1) is 0 Å². The third-order valence-corrected chi connectivity index (χ3v) is 5.94. The quantitative estimate of drug-likeness (QED) is 0.277. The normalized spacial score (nSPS) is 12.2. The Morgan fingerprint density at radius 1 is 0.944 bits per heavy atom. The summed E-state index contributed by atoms with van der Waals surface area (Å²) in [5.41, 5.74) is 3.34. The first-order valence-electron chi connectivity index (χ1n) is 12.1. The van der Waals surface area contributed by atoms with Crippen LogP contribution in [0.5, 0.6) is 11.6 Å². The molecule has 0 amide bonds. The number of aliphatic hydroxyl groups excluding tert-OH is 1. The highest BCUT2D eigenvalue weighted by atomic mass is 19.1. The largest absolute Gasteiger partial charge is 0.439 e. The average Bonchev–Trinajstić information content (AvgIpc) is 3.16. The fraction of sp³-hybridized carbons (Fsp3) is 0.276. The highest BCUT2D eigenvalue weighted by Gasteiger charge is 2.22. The first-order valence-corrected chi connectivity index (χ1v) is 12.1. The van der Waals surface area contributed by atoms with Crippen LogP contribution in [0.4, 0.5) is 8.78 Å². The van der Waals surface area contributed by atoms with E-state index in [0.717, 1.165) is 29.8 Å². The summed E-state index contributed by atoms with van der Waals surface area (Å²) >= 11 is 0. The molecule has 0 saturated carbocycles. The van der Waals surface area contributed by atoms with Crippen LogP contribution in [0.1, 0.15) is 30.2 Å². The van der Waals surface area contributed by atoms with E-state index in [1.54, 1.807) is 28.9 Å². The Labute approximate surface area is 210 Å². The number of ether oxygens (including phenoxy) is 1. The molecule has 7 heteroatoms. The van der Waals surface area contributed by atoms with Crippen LogP contribution in [0.3, 0.4) is 0 Å². The van der Waals surface area contributed by atoms with Gasteiger partial charge in [0, 0.05) is 13.1 Å². The van der Waals surface area contributed by atoms with Crippen molar-refractivity contribution in [1.29, 1.82) is 0 Å². The summed E-state index contributed by atoms with van der Waals surface area (Å²) in [6.07, 6.45) is 0.943. The van der Waals surface area contributed by atoms with Gasteiger partial charge in [-0.1, -0.05) is 37.3 Å². The van der Waals surface area contributed by atoms with E-state index in [1.807, 2.05) is 37.3 Å². The highest BCUT2D eigenvalue weighted by molar-refractivity contribution is 5.43. The van der Waals surface area contributed by atoms with Gasteiger partial charge in [-0.25, -0.2) is 13.5 Å². The van der Waals surface area contributed by atoms with E-state index in [0.29, 0.717) is 36.8 Å². The Morgan fingerprint density at radius 2 is 1.58 bits per heavy atom. The molecule has 0 spiro atoms. The molecule has 0 aliphatic rings. The molecule has 1 N–H and O–H groups in total. The predicted octanol–water partition coefficient (Wildman–Crippen LogP) is 6.07. The zero-order chi connectivity index (χ0) is 25.5. The molecule has 3 aromatic carbocycles. The van der Waals surface area contributed by atoms with Gasteiger partial charge >= 0.3 is 0 Å². The highest BCUT2D eigenvalue weighted by Crippen LogP contribution is 2.32. The van der Waals surface area contributed by atoms with E-state index in [1.165, 1.54) is 24.3 Å². The maximum atomic E-state index is 13.6. The van der Waals surface area contributed by atoms with Crippen LogP contribution in [-0.4, -0.2) is 39.0 Å². The first-order chi connectivity index (χ1) is 17.4. The summed E-state index contributed by atoms with van der Waals surface area (Å²) in [7, 11) is 0. The van der Waals surface area contributed by atoms with E-state index in [4.69, 9.17) is 9.84 Å². The van der Waals surface area contributed by atoms with Crippen molar-refractivity contribution in [2.24, 2.45) is 0 Å². The maximum absolute atomic E-state index is 13.6. The van der Waals surface area contributed by atoms with Crippen LogP contribution in [0, 0.1) is 18.6 Å². The fourth-order valence-corrected chi connectivity index (χ4v) is 4.22. The van der Waals surface area contributed by atoms with Crippen LogP contribution < -0.4 is 4.74 Å². The molecule has 36 heavy (non-hydrogen) atoms. The number of aryl methyl sites for hydroxylation is 1. The van der Waals surface area contributed by atoms with Gasteiger partial charge in [0.15, 0.2) is 0 Å². The minimum absolute atomic E-state index is 0.342. The molecule has 5 nitrogen and oxygen atoms in total. The molecular weight excluding hydrogens is 460 g/mol. The van der Waals surface area contributed by atoms with Gasteiger partial charge in [0.25, 0.3) is 0 Å². The SMILES string of the molecule is CCCN(Cc1c(C)nn(-c2ccc(F)cc2)c1Oc1ccc(F)cc1)C[C@H](O)Cc1ccccc1. The molecule has 4 aromatic rings. The molecule has 1 atom stereocenters. The first kappa shape index (κ1) is 25.5. The maximum Gasteiger partial charge on any atom is 0.227 e. The monoisotopic (exact) mass is 491 g/mol. The predicted molar refractivity (Wildman–Crippen MR) is 136 cm³/mol. The van der Waals surface area contributed by atoms with Crippen molar-refractivity contribution in [3.8, 4) is 17.3 Å². The second kappa shape index (κ2) is 11.9. The van der Waals surface area contributed by atoms with Crippen molar-refractivity contribution < 1.29 is 18.6 Å². The lowest BCUT2D eigenvalue weighted by atomic mass is 10.1. The van der Waals surface area contributed by atoms with Crippen molar-refractivity contribution in [2.75, 3.05) is 13.1 Å². The zero-order valence-corrected chi connectivity index (χ0v) is 20.6. The number of aromatic nitrogens is 2. The van der Waals surface area contributed by atoms with Gasteiger partial charge in [-0.3, -0.25) is 4.90 Å². The molecule has 1 heterocycles. The van der Waals surface area contributed by atoms with E-state index in [9.17, 15) is 13.9 Å². The van der Waals surface area contributed by atoms with E-state index < -0.39 is 6.10 Å². The summed E-state index contributed by atoms with van der Waals surface area (Å²) in [4.78, 5) is 2.18. The molecule has 1 aromatic heterocycles. The number of aliphatic hydroxyl groups is 1. The fourth-order valence-electron chi connectivity index (χ4n) is 4.22. The Bertz CT molecular complexity index is 1240. The molecule has 0 bridgehead atoms. The Hall–Kier alpha value is -3.55. The molecule has 188 valence electrons. The van der Waals surface area contributed by atoms with Crippen LogP contribution in [0.25, 0.3) is 5.69 Å². The second-order valence-corrected chi connectivity index (χ2v) is 8.89. The van der Waals surface area contributed by atoms with E-state index in [2.05, 4.69) is 11.8 Å². The van der Waals surface area contributed by atoms with Crippen molar-refractivity contribution in [3.63, 3.8) is 0 Å². The van der Waals surface area contributed by atoms with Gasteiger partial charge in [0.05, 0.1) is 23.0 Å². The van der Waals surface area contributed by atoms with Gasteiger partial charge in [-0.2, -0.15) is 5.10 Å². The number of halogens is 2. The van der Waals surface area contributed by atoms with Crippen LogP contribution in [0.15, 0.2) is 78.9 Å². The number of hydrogen-bond acceptors (Lipinski definition) is 4. The Balaban J connectivity index is 1.63. The molecular formula is C29H31F2N3O2. The number of hydrogen-bond donors (Lipinski definition) is 1. The third-order valence-electron chi connectivity index (χ3n) is 5.94. The smallest absolute Gasteiger partial charge is 0.227 e. The number of rotatable bonds is 11. The summed E-state index contributed by atoms with van der Waals surface area (Å²) in [5, 5.41) is 15.5. The second-order valence-electron chi connectivity index (χ2n) is 8.89. The third kappa shape index (κ3) is 6.56. The molecule has 0 radical (unpaired) electrons. The Morgan fingerprint density at radius 3 is 2.22 bits per heavy atom. The van der Waals surface area contributed by atoms with Crippen LogP contribution >= 0.6 is 0 Å². The van der Waals surface area contributed by atoms with Crippen molar-refractivity contribution >= 4 is 0 Å². The summed E-state index contributed by atoms with van der Waals surface area (Å²) in [5.74, 6) is 0.245. The lowest BCUT2D eigenvalue weighted by molar-refractivity contribution is 0.108. The molecule has 0 fully saturated rings. The molecule has 0 saturated heterocycles. The van der Waals surface area contributed by atoms with Crippen LogP contribution in [0.2, 0.25) is 0 Å². The summed E-state index contributed by atoms with van der Waals surface area (Å²) in [6.45, 7) is 5.77. The summed E-state index contributed by atoms with van der Waals surface area (Å²) in [6, 6.07) is 21.7. The topological polar surface area (TPSA) is 50.5 Å². The Kier molecular flexibility index (Phi) is 8.46. The minimum Gasteiger partial charge on any atom is -0.439 e. The average molecular weight is 492 g/mol. The van der Waals surface area contributed by atoms with E-state index >= 15 is 0 Å². The lowest BCUT2D eigenvalue weighted by Gasteiger charge is -2.25. The molecule has 0 unspecified atom stereocenters. The van der Waals surface area contributed by atoms with E-state index in [-0.39, 0.29) is 11.6 Å². The molecule has 4 rings (SSSR count). The van der Waals surface area contributed by atoms with Gasteiger partial charge in [0.1, 0.15) is 17.4 Å². The molecule has 0 aliphatic heterocycles. The van der Waals surface area contributed by atoms with Crippen molar-refractivity contribution in [3.05, 3.63) is 107 Å². The van der Waals surface area contributed by atoms with Gasteiger partial charge in [-0.05, 0) is 80.4 Å². The standard InChI is InChI=1S/C29H31F2N3O2/c1-3-17-33(19-26(35)18-22-7-5-4-6-8-22)20-28-21(2)32-34(25-13-9-23(30)10-14-25)29(28)36-27-15-11-24(31)12-16-27/h4-16,26,35H,3,17-20H2,1-2H3/t26-/m1/s1. The molecule has 0 aliphatic carbocycles. The van der Waals surface area contributed by atoms with Crippen molar-refractivity contribution in [1.82, 2.24) is 14.7 Å². The van der Waals surface area contributed by atoms with Crippen molar-refractivity contribution in [2.45, 2.75) is 39.3 Å². The van der Waals surface area contributed by atoms with Crippen LogP contribution in [-0.2, 0) is 13.0 Å². The minimum atomic E-state index is -0.534.